The van der Waals surface area contributed by atoms with Crippen LogP contribution in [0.15, 0.2) is 89.8 Å². The SMILES string of the molecule is O=C1S/C(=C\c2ccc(OCc3ccc4ccccc4c3)cc2)C(=O)N1Cc1ccc(Cl)cc1Cl. The zero-order valence-electron chi connectivity index (χ0n) is 18.4. The normalized spacial score (nSPS) is 14.8. The van der Waals surface area contributed by atoms with Gasteiger partial charge in [0.05, 0.1) is 11.4 Å². The summed E-state index contributed by atoms with van der Waals surface area (Å²) in [6.45, 7) is 0.551. The highest BCUT2D eigenvalue weighted by Crippen LogP contribution is 2.34. The first-order valence-electron chi connectivity index (χ1n) is 10.9. The Morgan fingerprint density at radius 1 is 0.857 bits per heavy atom. The highest BCUT2D eigenvalue weighted by atomic mass is 35.5. The van der Waals surface area contributed by atoms with Crippen molar-refractivity contribution < 1.29 is 14.3 Å². The van der Waals surface area contributed by atoms with Crippen LogP contribution in [0.25, 0.3) is 16.8 Å². The summed E-state index contributed by atoms with van der Waals surface area (Å²) in [6.07, 6.45) is 1.71. The third-order valence-corrected chi connectivity index (χ3v) is 7.11. The van der Waals surface area contributed by atoms with E-state index in [1.807, 2.05) is 36.4 Å². The number of fused-ring (bicyclic) bond motifs is 1. The fourth-order valence-corrected chi connectivity index (χ4v) is 5.07. The molecule has 1 saturated heterocycles. The molecule has 0 aromatic heterocycles. The summed E-state index contributed by atoms with van der Waals surface area (Å²) in [5, 5.41) is 2.96. The van der Waals surface area contributed by atoms with Gasteiger partial charge in [-0.2, -0.15) is 0 Å². The topological polar surface area (TPSA) is 46.6 Å². The number of ether oxygens (including phenoxy) is 1. The van der Waals surface area contributed by atoms with Crippen LogP contribution in [0.2, 0.25) is 10.0 Å². The van der Waals surface area contributed by atoms with E-state index in [1.54, 1.807) is 24.3 Å². The van der Waals surface area contributed by atoms with E-state index in [-0.39, 0.29) is 17.7 Å². The van der Waals surface area contributed by atoms with Crippen molar-refractivity contribution in [1.82, 2.24) is 4.90 Å². The molecule has 0 bridgehead atoms. The van der Waals surface area contributed by atoms with E-state index < -0.39 is 0 Å². The number of rotatable bonds is 6. The molecule has 174 valence electrons. The van der Waals surface area contributed by atoms with Crippen LogP contribution in [0.5, 0.6) is 5.75 Å². The van der Waals surface area contributed by atoms with Crippen molar-refractivity contribution in [3.63, 3.8) is 0 Å². The van der Waals surface area contributed by atoms with Gasteiger partial charge in [0.1, 0.15) is 12.4 Å². The van der Waals surface area contributed by atoms with E-state index >= 15 is 0 Å². The molecule has 35 heavy (non-hydrogen) atoms. The molecule has 1 aliphatic heterocycles. The summed E-state index contributed by atoms with van der Waals surface area (Å²) in [7, 11) is 0. The first-order chi connectivity index (χ1) is 17.0. The van der Waals surface area contributed by atoms with Crippen molar-refractivity contribution in [1.29, 1.82) is 0 Å². The van der Waals surface area contributed by atoms with E-state index in [0.717, 1.165) is 28.6 Å². The minimum Gasteiger partial charge on any atom is -0.489 e. The van der Waals surface area contributed by atoms with Gasteiger partial charge in [0.25, 0.3) is 11.1 Å². The number of halogens is 2. The van der Waals surface area contributed by atoms with E-state index in [1.165, 1.54) is 15.7 Å². The van der Waals surface area contributed by atoms with Gasteiger partial charge in [0.15, 0.2) is 0 Å². The molecule has 4 nitrogen and oxygen atoms in total. The minimum absolute atomic E-state index is 0.0968. The minimum atomic E-state index is -0.345. The Labute approximate surface area is 217 Å². The molecule has 0 N–H and O–H groups in total. The molecule has 2 amide bonds. The molecule has 1 heterocycles. The van der Waals surface area contributed by atoms with Crippen molar-refractivity contribution in [2.45, 2.75) is 13.2 Å². The maximum Gasteiger partial charge on any atom is 0.293 e. The lowest BCUT2D eigenvalue weighted by Crippen LogP contribution is -2.27. The van der Waals surface area contributed by atoms with Crippen molar-refractivity contribution >= 4 is 63.0 Å². The van der Waals surface area contributed by atoms with Crippen molar-refractivity contribution in [2.75, 3.05) is 0 Å². The third-order valence-electron chi connectivity index (χ3n) is 5.61. The number of thioether (sulfide) groups is 1. The van der Waals surface area contributed by atoms with E-state index in [2.05, 4.69) is 30.3 Å². The van der Waals surface area contributed by atoms with Gasteiger partial charge in [0.2, 0.25) is 0 Å². The van der Waals surface area contributed by atoms with Gasteiger partial charge in [0, 0.05) is 10.0 Å². The van der Waals surface area contributed by atoms with Crippen molar-refractivity contribution in [3.05, 3.63) is 117 Å². The molecule has 5 rings (SSSR count). The Bertz CT molecular complexity index is 1470. The fourth-order valence-electron chi connectivity index (χ4n) is 3.76. The van der Waals surface area contributed by atoms with E-state index in [0.29, 0.717) is 27.1 Å². The van der Waals surface area contributed by atoms with Crippen LogP contribution in [0.4, 0.5) is 4.79 Å². The highest BCUT2D eigenvalue weighted by molar-refractivity contribution is 8.18. The van der Waals surface area contributed by atoms with E-state index in [9.17, 15) is 9.59 Å². The second-order valence-electron chi connectivity index (χ2n) is 8.04. The summed E-state index contributed by atoms with van der Waals surface area (Å²) in [5.74, 6) is 0.378. The molecule has 0 aliphatic carbocycles. The van der Waals surface area contributed by atoms with Gasteiger partial charge in [-0.3, -0.25) is 14.5 Å². The number of carbonyl (C=O) groups is 2. The summed E-state index contributed by atoms with van der Waals surface area (Å²) in [6, 6.07) is 26.9. The Hall–Kier alpha value is -3.25. The summed E-state index contributed by atoms with van der Waals surface area (Å²) >= 11 is 13.1. The van der Waals surface area contributed by atoms with Crippen LogP contribution >= 0.6 is 35.0 Å². The average Bonchev–Trinajstić information content (AvgIpc) is 3.12. The molecule has 0 atom stereocenters. The standard InChI is InChI=1S/C28H19Cl2NO3S/c29-23-10-9-22(25(30)15-23)16-31-27(32)26(35-28(31)33)14-18-6-11-24(12-7-18)34-17-19-5-8-20-3-1-2-4-21(20)13-19/h1-15H,16-17H2/b26-14-. The van der Waals surface area contributed by atoms with Gasteiger partial charge in [-0.15, -0.1) is 0 Å². The molecule has 0 saturated carbocycles. The van der Waals surface area contributed by atoms with Crippen molar-refractivity contribution in [3.8, 4) is 5.75 Å². The molecule has 0 radical (unpaired) electrons. The highest BCUT2D eigenvalue weighted by Gasteiger charge is 2.35. The summed E-state index contributed by atoms with van der Waals surface area (Å²) in [5.41, 5.74) is 2.55. The molecule has 0 spiro atoms. The zero-order chi connectivity index (χ0) is 24.4. The van der Waals surface area contributed by atoms with Crippen LogP contribution < -0.4 is 4.74 Å². The number of imide groups is 1. The smallest absolute Gasteiger partial charge is 0.293 e. The summed E-state index contributed by atoms with van der Waals surface area (Å²) < 4.78 is 5.93. The lowest BCUT2D eigenvalue weighted by Gasteiger charge is -2.13. The van der Waals surface area contributed by atoms with Crippen LogP contribution in [0.1, 0.15) is 16.7 Å². The molecule has 1 aliphatic rings. The van der Waals surface area contributed by atoms with Gasteiger partial charge in [-0.25, -0.2) is 0 Å². The maximum atomic E-state index is 12.8. The summed E-state index contributed by atoms with van der Waals surface area (Å²) in [4.78, 5) is 26.9. The van der Waals surface area contributed by atoms with Crippen LogP contribution in [-0.2, 0) is 17.9 Å². The van der Waals surface area contributed by atoms with Gasteiger partial charge < -0.3 is 4.74 Å². The van der Waals surface area contributed by atoms with E-state index in [4.69, 9.17) is 27.9 Å². The lowest BCUT2D eigenvalue weighted by molar-refractivity contribution is -0.123. The Morgan fingerprint density at radius 2 is 1.63 bits per heavy atom. The largest absolute Gasteiger partial charge is 0.489 e. The van der Waals surface area contributed by atoms with Gasteiger partial charge in [-0.05, 0) is 75.6 Å². The van der Waals surface area contributed by atoms with Crippen LogP contribution in [-0.4, -0.2) is 16.0 Å². The number of benzene rings is 4. The number of nitrogens with zero attached hydrogens (tertiary/aromatic N) is 1. The monoisotopic (exact) mass is 519 g/mol. The fraction of sp³-hybridized carbons (Fsp3) is 0.0714. The van der Waals surface area contributed by atoms with Gasteiger partial charge in [-0.1, -0.05) is 77.8 Å². The molecule has 4 aromatic carbocycles. The predicted octanol–water partition coefficient (Wildman–Crippen LogP) is 7.96. The molecular formula is C28H19Cl2NO3S. The molecular weight excluding hydrogens is 501 g/mol. The second-order valence-corrected chi connectivity index (χ2v) is 9.88. The first-order valence-corrected chi connectivity index (χ1v) is 12.4. The maximum absolute atomic E-state index is 12.8. The predicted molar refractivity (Wildman–Crippen MR) is 143 cm³/mol. The quantitative estimate of drug-likeness (QED) is 0.242. The molecule has 4 aromatic rings. The Morgan fingerprint density at radius 3 is 2.40 bits per heavy atom. The first kappa shape index (κ1) is 23.5. The van der Waals surface area contributed by atoms with Crippen LogP contribution in [0.3, 0.4) is 0 Å². The molecule has 7 heteroatoms. The molecule has 0 unspecified atom stereocenters. The second kappa shape index (κ2) is 10.2. The third kappa shape index (κ3) is 5.38. The number of amides is 2. The van der Waals surface area contributed by atoms with Crippen molar-refractivity contribution in [2.24, 2.45) is 0 Å². The lowest BCUT2D eigenvalue weighted by atomic mass is 10.1. The number of hydrogen-bond acceptors (Lipinski definition) is 4. The average molecular weight is 520 g/mol. The van der Waals surface area contributed by atoms with Gasteiger partial charge >= 0.3 is 0 Å². The Balaban J connectivity index is 1.24. The van der Waals surface area contributed by atoms with Crippen LogP contribution in [0, 0.1) is 0 Å². The Kier molecular flexibility index (Phi) is 6.82. The number of hydrogen-bond donors (Lipinski definition) is 0. The number of carbonyl (C=O) groups excluding carboxylic acids is 2. The zero-order valence-corrected chi connectivity index (χ0v) is 20.7. The molecule has 1 fully saturated rings.